The topological polar surface area (TPSA) is 0 Å². The third kappa shape index (κ3) is 9.40. The van der Waals surface area contributed by atoms with E-state index in [0.29, 0.717) is 15.8 Å². The standard InChI is InChI=1S/C10H15.C5H14P2.ClH.Ru/c1-6-7(2)9(4)10(5)8(6)3;1-6(2)5-7(3)4;;/h1-5H3;5H2,1-4H3;1H;/q;;;+1/p-1. The Morgan fingerprint density at radius 3 is 0.842 bits per heavy atom. The van der Waals surface area contributed by atoms with Crippen molar-refractivity contribution in [1.29, 1.82) is 0 Å². The molecule has 0 saturated heterocycles. The first-order valence-corrected chi connectivity index (χ1v) is 13.4. The van der Waals surface area contributed by atoms with Gasteiger partial charge in [0.05, 0.1) is 0 Å². The molecule has 0 bridgehead atoms. The summed E-state index contributed by atoms with van der Waals surface area (Å²) in [6.07, 6.45) is 0. The normalized spacial score (nSPS) is 19.4. The fourth-order valence-corrected chi connectivity index (χ4v) is 6.50. The van der Waals surface area contributed by atoms with Gasteiger partial charge >= 0.3 is 27.0 Å². The van der Waals surface area contributed by atoms with Gasteiger partial charge in [-0.25, -0.2) is 0 Å². The molecule has 0 amide bonds. The van der Waals surface area contributed by atoms with Crippen LogP contribution in [0.3, 0.4) is 0 Å². The maximum atomic E-state index is 4.57. The molecule has 0 heterocycles. The van der Waals surface area contributed by atoms with Crippen LogP contribution in [0.1, 0.15) is 34.6 Å². The van der Waals surface area contributed by atoms with Crippen LogP contribution in [-0.4, -0.2) is 32.6 Å². The van der Waals surface area contributed by atoms with Gasteiger partial charge in [-0.2, -0.15) is 0 Å². The van der Waals surface area contributed by atoms with E-state index in [2.05, 4.69) is 71.0 Å². The van der Waals surface area contributed by atoms with Crippen LogP contribution in [0.4, 0.5) is 0 Å². The number of hydrogen-bond donors (Lipinski definition) is 0. The minimum absolute atomic E-state index is 0.389. The molecule has 1 aliphatic carbocycles. The molecule has 5 radical (unpaired) electrons. The Kier molecular flexibility index (Phi) is 15.0. The van der Waals surface area contributed by atoms with Crippen molar-refractivity contribution in [3.05, 3.63) is 29.6 Å². The number of halogens is 1. The van der Waals surface area contributed by atoms with Crippen LogP contribution in [0, 0.1) is 29.6 Å². The zero-order chi connectivity index (χ0) is 15.7. The molecule has 0 nitrogen and oxygen atoms in total. The maximum absolute atomic E-state index is 4.57. The second kappa shape index (κ2) is 12.3. The summed E-state index contributed by atoms with van der Waals surface area (Å²) in [6, 6.07) is 0. The van der Waals surface area contributed by atoms with Gasteiger partial charge in [0.25, 0.3) is 0 Å². The van der Waals surface area contributed by atoms with Crippen LogP contribution < -0.4 is 0 Å². The van der Waals surface area contributed by atoms with Crippen molar-refractivity contribution in [3.63, 3.8) is 0 Å². The van der Waals surface area contributed by atoms with Crippen molar-refractivity contribution in [2.24, 2.45) is 0 Å². The first kappa shape index (κ1) is 23.0. The number of hydrogen-bond acceptors (Lipinski definition) is 0. The van der Waals surface area contributed by atoms with Gasteiger partial charge in [0.2, 0.25) is 0 Å². The van der Waals surface area contributed by atoms with E-state index in [-0.39, 0.29) is 0 Å². The second-order valence-corrected chi connectivity index (χ2v) is 10.9. The fraction of sp³-hybridized carbons (Fsp3) is 0.667. The summed E-state index contributed by atoms with van der Waals surface area (Å²) >= 11 is 1.82. The predicted octanol–water partition coefficient (Wildman–Crippen LogP) is 6.09. The molecule has 114 valence electrons. The Balaban J connectivity index is 0. The van der Waals surface area contributed by atoms with Crippen LogP contribution in [0.2, 0.25) is 0 Å². The summed E-state index contributed by atoms with van der Waals surface area (Å²) in [6.45, 7) is 20.4. The molecule has 0 unspecified atom stereocenters. The van der Waals surface area contributed by atoms with Crippen LogP contribution in [-0.2, 0) is 17.3 Å². The van der Waals surface area contributed by atoms with Crippen LogP contribution in [0.5, 0.6) is 0 Å². The monoisotopic (exact) mass is 408 g/mol. The Labute approximate surface area is 139 Å². The molecular formula is C15H29ClP2Ru. The summed E-state index contributed by atoms with van der Waals surface area (Å²) in [5.41, 5.74) is 0. The van der Waals surface area contributed by atoms with Crippen LogP contribution >= 0.6 is 25.5 Å². The van der Waals surface area contributed by atoms with E-state index in [1.54, 1.807) is 0 Å². The summed E-state index contributed by atoms with van der Waals surface area (Å²) in [4.78, 5) is 0. The molecule has 0 aliphatic heterocycles. The van der Waals surface area contributed by atoms with Gasteiger partial charge in [0.1, 0.15) is 0 Å². The molecule has 1 fully saturated rings. The van der Waals surface area contributed by atoms with E-state index >= 15 is 0 Å². The molecule has 0 atom stereocenters. The molecule has 1 saturated carbocycles. The van der Waals surface area contributed by atoms with Gasteiger partial charge in [-0.05, 0) is 62.2 Å². The third-order valence-electron chi connectivity index (χ3n) is 3.38. The van der Waals surface area contributed by atoms with E-state index in [0.717, 1.165) is 0 Å². The summed E-state index contributed by atoms with van der Waals surface area (Å²) in [5.74, 6) is 8.83. The second-order valence-electron chi connectivity index (χ2n) is 5.43. The molecule has 4 heteroatoms. The molecule has 0 aromatic rings. The van der Waals surface area contributed by atoms with Gasteiger partial charge in [-0.1, -0.05) is 34.6 Å². The molecule has 1 aliphatic rings. The van der Waals surface area contributed by atoms with E-state index in [4.69, 9.17) is 0 Å². The van der Waals surface area contributed by atoms with Gasteiger partial charge in [-0.15, -0.1) is 15.8 Å². The Bertz CT molecular complexity index is 161. The predicted molar refractivity (Wildman–Crippen MR) is 92.8 cm³/mol. The van der Waals surface area contributed by atoms with Gasteiger partial charge < -0.3 is 0 Å². The minimum atomic E-state index is 0.389. The fourth-order valence-electron chi connectivity index (χ4n) is 1.97. The number of rotatable bonds is 2. The molecular weight excluding hydrogens is 379 g/mol. The average molecular weight is 408 g/mol. The third-order valence-corrected chi connectivity index (χ3v) is 7.90. The molecule has 19 heavy (non-hydrogen) atoms. The molecule has 0 aromatic carbocycles. The zero-order valence-corrected chi connectivity index (χ0v) is 18.1. The van der Waals surface area contributed by atoms with Crippen molar-refractivity contribution in [2.45, 2.75) is 34.6 Å². The van der Waals surface area contributed by atoms with Crippen molar-refractivity contribution in [1.82, 2.24) is 0 Å². The van der Waals surface area contributed by atoms with E-state index < -0.39 is 0 Å². The molecule has 1 rings (SSSR count). The summed E-state index contributed by atoms with van der Waals surface area (Å²) in [5, 5.41) is 0. The molecule has 0 aromatic heterocycles. The molecule has 0 spiro atoms. The molecule has 0 N–H and O–H groups in total. The SMILES string of the molecule is CP(C)CP(C)C.C[C]1[C](C)[C](C)[C](C)[C]1C.[Cl][Ru]. The van der Waals surface area contributed by atoms with Gasteiger partial charge in [-0.3, -0.25) is 0 Å². The first-order valence-electron chi connectivity index (χ1n) is 6.30. The van der Waals surface area contributed by atoms with Crippen molar-refractivity contribution < 1.29 is 17.3 Å². The van der Waals surface area contributed by atoms with Crippen LogP contribution in [0.15, 0.2) is 0 Å². The summed E-state index contributed by atoms with van der Waals surface area (Å²) < 4.78 is 0. The Morgan fingerprint density at radius 1 is 0.632 bits per heavy atom. The van der Waals surface area contributed by atoms with E-state index in [9.17, 15) is 0 Å². The van der Waals surface area contributed by atoms with Gasteiger partial charge in [0, 0.05) is 0 Å². The van der Waals surface area contributed by atoms with E-state index in [1.807, 2.05) is 17.3 Å². The average Bonchev–Trinajstić information content (AvgIpc) is 2.49. The van der Waals surface area contributed by atoms with Crippen molar-refractivity contribution in [3.8, 4) is 0 Å². The zero-order valence-electron chi connectivity index (χ0n) is 13.8. The van der Waals surface area contributed by atoms with Crippen molar-refractivity contribution in [2.75, 3.05) is 32.6 Å². The Morgan fingerprint density at radius 2 is 0.789 bits per heavy atom. The Hall–Kier alpha value is 1.77. The first-order chi connectivity index (χ1) is 8.68. The van der Waals surface area contributed by atoms with E-state index in [1.165, 1.54) is 35.5 Å². The quantitative estimate of drug-likeness (QED) is 0.384. The van der Waals surface area contributed by atoms with Crippen LogP contribution in [0.25, 0.3) is 0 Å². The van der Waals surface area contributed by atoms with Gasteiger partial charge in [0.15, 0.2) is 0 Å². The van der Waals surface area contributed by atoms with Crippen molar-refractivity contribution >= 4 is 25.5 Å². The summed E-state index contributed by atoms with van der Waals surface area (Å²) in [7, 11) is 5.35.